The van der Waals surface area contributed by atoms with Gasteiger partial charge in [0.15, 0.2) is 17.1 Å². The number of ether oxygens (including phenoxy) is 4. The molecule has 0 saturated carbocycles. The lowest BCUT2D eigenvalue weighted by Gasteiger charge is -2.14. The smallest absolute Gasteiger partial charge is 0.280 e. The second-order valence-corrected chi connectivity index (χ2v) is 8.26. The van der Waals surface area contributed by atoms with E-state index in [9.17, 15) is 9.59 Å². The topological polar surface area (TPSA) is 118 Å². The van der Waals surface area contributed by atoms with Gasteiger partial charge in [-0.25, -0.2) is 14.2 Å². The van der Waals surface area contributed by atoms with E-state index >= 15 is 0 Å². The van der Waals surface area contributed by atoms with Gasteiger partial charge in [0.1, 0.15) is 0 Å². The summed E-state index contributed by atoms with van der Waals surface area (Å²) < 4.78 is 24.0. The highest BCUT2D eigenvalue weighted by atomic mass is 16.5. The van der Waals surface area contributed by atoms with Crippen molar-refractivity contribution in [3.63, 3.8) is 0 Å². The van der Waals surface area contributed by atoms with Crippen LogP contribution in [0, 0.1) is 0 Å². The van der Waals surface area contributed by atoms with Crippen LogP contribution in [0.3, 0.4) is 0 Å². The maximum Gasteiger partial charge on any atom is 0.280 e. The van der Waals surface area contributed by atoms with Crippen LogP contribution in [0.5, 0.6) is 17.2 Å². The average Bonchev–Trinajstić information content (AvgIpc) is 3.32. The molecule has 0 unspecified atom stereocenters. The molecule has 0 spiro atoms. The lowest BCUT2D eigenvalue weighted by molar-refractivity contribution is 0.101. The Bertz CT molecular complexity index is 1690. The monoisotopic (exact) mass is 515 g/mol. The zero-order valence-corrected chi connectivity index (χ0v) is 21.2. The first-order chi connectivity index (χ1) is 18.5. The zero-order chi connectivity index (χ0) is 26.8. The van der Waals surface area contributed by atoms with Gasteiger partial charge in [-0.05, 0) is 23.8 Å². The van der Waals surface area contributed by atoms with Crippen LogP contribution < -0.4 is 25.2 Å². The molecule has 11 nitrogen and oxygen atoms in total. The first kappa shape index (κ1) is 24.8. The molecule has 3 heterocycles. The Kier molecular flexibility index (Phi) is 6.67. The maximum absolute atomic E-state index is 13.3. The van der Waals surface area contributed by atoms with Gasteiger partial charge in [-0.1, -0.05) is 30.3 Å². The lowest BCUT2D eigenvalue weighted by atomic mass is 10.1. The second kappa shape index (κ2) is 10.2. The van der Waals surface area contributed by atoms with Gasteiger partial charge in [0.05, 0.1) is 50.1 Å². The molecule has 0 bridgehead atoms. The van der Waals surface area contributed by atoms with Crippen molar-refractivity contribution in [2.45, 2.75) is 6.61 Å². The molecule has 1 amide bonds. The summed E-state index contributed by atoms with van der Waals surface area (Å²) in [4.78, 5) is 31.0. The van der Waals surface area contributed by atoms with Gasteiger partial charge >= 0.3 is 0 Å². The minimum Gasteiger partial charge on any atom is -0.493 e. The summed E-state index contributed by atoms with van der Waals surface area (Å²) in [5.41, 5.74) is 5.94. The SMILES string of the molecule is COCc1nn2c(ncc3c(=O)n(NC(=O)c4cc(OC)c(OC)c(OC)c4)ccc32)c1-c1ccccc1. The van der Waals surface area contributed by atoms with E-state index in [0.717, 1.165) is 15.8 Å². The van der Waals surface area contributed by atoms with Crippen molar-refractivity contribution < 1.29 is 23.7 Å². The summed E-state index contributed by atoms with van der Waals surface area (Å²) >= 11 is 0. The van der Waals surface area contributed by atoms with Crippen LogP contribution in [0.15, 0.2) is 65.7 Å². The number of nitrogens with zero attached hydrogens (tertiary/aromatic N) is 4. The quantitative estimate of drug-likeness (QED) is 0.335. The van der Waals surface area contributed by atoms with Crippen molar-refractivity contribution in [2.75, 3.05) is 33.9 Å². The number of carbonyl (C=O) groups excluding carboxylic acids is 1. The number of carbonyl (C=O) groups is 1. The fourth-order valence-corrected chi connectivity index (χ4v) is 4.33. The Hall–Kier alpha value is -4.90. The molecular formula is C27H25N5O6. The van der Waals surface area contributed by atoms with E-state index in [4.69, 9.17) is 24.0 Å². The molecule has 0 aliphatic rings. The highest BCUT2D eigenvalue weighted by molar-refractivity contribution is 6.01. The van der Waals surface area contributed by atoms with Crippen LogP contribution in [0.1, 0.15) is 16.1 Å². The van der Waals surface area contributed by atoms with Crippen LogP contribution in [0.2, 0.25) is 0 Å². The van der Waals surface area contributed by atoms with Crippen molar-refractivity contribution in [2.24, 2.45) is 0 Å². The minimum atomic E-state index is -0.549. The molecular weight excluding hydrogens is 490 g/mol. The number of benzene rings is 2. The van der Waals surface area contributed by atoms with Crippen molar-refractivity contribution in [3.8, 4) is 28.4 Å². The predicted octanol–water partition coefficient (Wildman–Crippen LogP) is 3.27. The zero-order valence-electron chi connectivity index (χ0n) is 21.2. The van der Waals surface area contributed by atoms with E-state index in [0.29, 0.717) is 34.1 Å². The molecule has 0 fully saturated rings. The highest BCUT2D eigenvalue weighted by Crippen LogP contribution is 2.38. The number of hydrogen-bond acceptors (Lipinski definition) is 8. The summed E-state index contributed by atoms with van der Waals surface area (Å²) in [6, 6.07) is 14.4. The van der Waals surface area contributed by atoms with Gasteiger partial charge in [0, 0.05) is 25.1 Å². The van der Waals surface area contributed by atoms with E-state index in [1.165, 1.54) is 45.9 Å². The molecule has 38 heavy (non-hydrogen) atoms. The molecule has 2 aromatic carbocycles. The third-order valence-corrected chi connectivity index (χ3v) is 6.08. The second-order valence-electron chi connectivity index (χ2n) is 8.26. The average molecular weight is 516 g/mol. The molecule has 0 atom stereocenters. The highest BCUT2D eigenvalue weighted by Gasteiger charge is 2.20. The molecule has 0 aliphatic carbocycles. The number of aromatic nitrogens is 4. The Morgan fingerprint density at radius 3 is 2.32 bits per heavy atom. The normalized spacial score (nSPS) is 11.1. The fraction of sp³-hybridized carbons (Fsp3) is 0.185. The molecule has 0 saturated heterocycles. The number of fused-ring (bicyclic) bond motifs is 3. The molecule has 0 aliphatic heterocycles. The number of amides is 1. The van der Waals surface area contributed by atoms with E-state index in [2.05, 4.69) is 10.4 Å². The van der Waals surface area contributed by atoms with Crippen molar-refractivity contribution in [3.05, 3.63) is 82.5 Å². The summed E-state index contributed by atoms with van der Waals surface area (Å²) in [7, 11) is 5.98. The Morgan fingerprint density at radius 2 is 1.68 bits per heavy atom. The third kappa shape index (κ3) is 4.18. The molecule has 3 aromatic heterocycles. The van der Waals surface area contributed by atoms with Gasteiger partial charge in [-0.2, -0.15) is 5.10 Å². The number of nitrogens with one attached hydrogen (secondary N) is 1. The van der Waals surface area contributed by atoms with E-state index in [1.54, 1.807) is 17.7 Å². The van der Waals surface area contributed by atoms with E-state index in [1.807, 2.05) is 30.3 Å². The van der Waals surface area contributed by atoms with Crippen molar-refractivity contribution in [1.82, 2.24) is 19.3 Å². The van der Waals surface area contributed by atoms with Gasteiger partial charge in [-0.15, -0.1) is 0 Å². The van der Waals surface area contributed by atoms with E-state index < -0.39 is 11.5 Å². The minimum absolute atomic E-state index is 0.212. The van der Waals surface area contributed by atoms with Crippen LogP contribution in [0.4, 0.5) is 0 Å². The molecule has 5 aromatic rings. The van der Waals surface area contributed by atoms with Gasteiger partial charge < -0.3 is 18.9 Å². The molecule has 1 N–H and O–H groups in total. The Morgan fingerprint density at radius 1 is 0.974 bits per heavy atom. The summed E-state index contributed by atoms with van der Waals surface area (Å²) in [6.45, 7) is 0.275. The summed E-state index contributed by atoms with van der Waals surface area (Å²) in [6.07, 6.45) is 2.96. The predicted molar refractivity (Wildman–Crippen MR) is 141 cm³/mol. The maximum atomic E-state index is 13.3. The van der Waals surface area contributed by atoms with Gasteiger partial charge in [0.25, 0.3) is 11.5 Å². The standard InChI is InChI=1S/C27H25N5O6/c1-35-15-19-23(16-8-6-5-7-9-16)25-28-14-18-20(32(25)29-19)10-11-31(27(18)34)30-26(33)17-12-21(36-2)24(38-4)22(13-17)37-3/h5-14H,15H2,1-4H3,(H,30,33). The number of methoxy groups -OCH3 is 4. The molecule has 5 rings (SSSR count). The van der Waals surface area contributed by atoms with Crippen molar-refractivity contribution >= 4 is 22.5 Å². The molecule has 0 radical (unpaired) electrons. The number of rotatable bonds is 8. The van der Waals surface area contributed by atoms with Crippen LogP contribution in [0.25, 0.3) is 27.7 Å². The van der Waals surface area contributed by atoms with Gasteiger partial charge in [0.2, 0.25) is 5.75 Å². The van der Waals surface area contributed by atoms with Crippen LogP contribution >= 0.6 is 0 Å². The third-order valence-electron chi connectivity index (χ3n) is 6.08. The fourth-order valence-electron chi connectivity index (χ4n) is 4.33. The van der Waals surface area contributed by atoms with Crippen LogP contribution in [-0.2, 0) is 11.3 Å². The first-order valence-electron chi connectivity index (χ1n) is 11.6. The molecule has 11 heteroatoms. The van der Waals surface area contributed by atoms with E-state index in [-0.39, 0.29) is 17.6 Å². The Labute approximate surface area is 217 Å². The summed E-state index contributed by atoms with van der Waals surface area (Å²) in [5, 5.41) is 4.97. The van der Waals surface area contributed by atoms with Gasteiger partial charge in [-0.3, -0.25) is 15.0 Å². The largest absolute Gasteiger partial charge is 0.493 e. The first-order valence-corrected chi connectivity index (χ1v) is 11.6. The lowest BCUT2D eigenvalue weighted by Crippen LogP contribution is -2.33. The van der Waals surface area contributed by atoms with Crippen LogP contribution in [-0.4, -0.2) is 53.6 Å². The molecule has 194 valence electrons. The van der Waals surface area contributed by atoms with Crippen molar-refractivity contribution in [1.29, 1.82) is 0 Å². The summed E-state index contributed by atoms with van der Waals surface area (Å²) in [5.74, 6) is 0.433. The number of pyridine rings is 1. The Balaban J connectivity index is 1.57. The number of hydrogen-bond donors (Lipinski definition) is 1.